The summed E-state index contributed by atoms with van der Waals surface area (Å²) in [5.41, 5.74) is 3.52. The van der Waals surface area contributed by atoms with E-state index in [-0.39, 0.29) is 11.6 Å². The van der Waals surface area contributed by atoms with Gasteiger partial charge in [-0.2, -0.15) is 0 Å². The Kier molecular flexibility index (Phi) is 5.22. The SMILES string of the molecule is CCCCN(C(=O)c1cncc(NN)n1)c1ccccc1. The van der Waals surface area contributed by atoms with Crippen molar-refractivity contribution in [2.24, 2.45) is 5.84 Å². The number of unbranched alkanes of at least 4 members (excludes halogenated alkanes) is 1. The van der Waals surface area contributed by atoms with Crippen molar-refractivity contribution in [2.75, 3.05) is 16.9 Å². The largest absolute Gasteiger partial charge is 0.307 e. The van der Waals surface area contributed by atoms with Crippen LogP contribution in [0.4, 0.5) is 11.5 Å². The van der Waals surface area contributed by atoms with Crippen molar-refractivity contribution in [1.82, 2.24) is 9.97 Å². The van der Waals surface area contributed by atoms with Gasteiger partial charge >= 0.3 is 0 Å². The van der Waals surface area contributed by atoms with Crippen molar-refractivity contribution in [2.45, 2.75) is 19.8 Å². The molecule has 0 aliphatic carbocycles. The third kappa shape index (κ3) is 3.76. The summed E-state index contributed by atoms with van der Waals surface area (Å²) in [5.74, 6) is 5.49. The molecular formula is C15H19N5O. The quantitative estimate of drug-likeness (QED) is 0.628. The van der Waals surface area contributed by atoms with Gasteiger partial charge in [-0.05, 0) is 18.6 Å². The average molecular weight is 285 g/mol. The van der Waals surface area contributed by atoms with Crippen molar-refractivity contribution in [3.63, 3.8) is 0 Å². The lowest BCUT2D eigenvalue weighted by Crippen LogP contribution is -2.32. The molecule has 0 radical (unpaired) electrons. The minimum Gasteiger partial charge on any atom is -0.307 e. The van der Waals surface area contributed by atoms with Gasteiger partial charge in [0, 0.05) is 12.2 Å². The van der Waals surface area contributed by atoms with E-state index in [1.807, 2.05) is 30.3 Å². The van der Waals surface area contributed by atoms with Crippen LogP contribution in [0.3, 0.4) is 0 Å². The highest BCUT2D eigenvalue weighted by Gasteiger charge is 2.19. The van der Waals surface area contributed by atoms with E-state index in [0.717, 1.165) is 18.5 Å². The first-order chi connectivity index (χ1) is 10.3. The lowest BCUT2D eigenvalue weighted by atomic mass is 10.2. The van der Waals surface area contributed by atoms with Gasteiger partial charge in [0.2, 0.25) is 0 Å². The number of hydrazine groups is 1. The molecule has 2 aromatic rings. The van der Waals surface area contributed by atoms with Crippen LogP contribution in [0.25, 0.3) is 0 Å². The first-order valence-corrected chi connectivity index (χ1v) is 6.91. The van der Waals surface area contributed by atoms with Crippen LogP contribution >= 0.6 is 0 Å². The molecule has 6 nitrogen and oxygen atoms in total. The Morgan fingerprint density at radius 2 is 2.05 bits per heavy atom. The highest BCUT2D eigenvalue weighted by atomic mass is 16.2. The number of carbonyl (C=O) groups is 1. The van der Waals surface area contributed by atoms with E-state index in [0.29, 0.717) is 12.4 Å². The van der Waals surface area contributed by atoms with E-state index < -0.39 is 0 Å². The predicted octanol–water partition coefficient (Wildman–Crippen LogP) is 2.21. The van der Waals surface area contributed by atoms with Crippen molar-refractivity contribution >= 4 is 17.4 Å². The van der Waals surface area contributed by atoms with Gasteiger partial charge in [-0.3, -0.25) is 9.78 Å². The Balaban J connectivity index is 2.29. The molecule has 0 atom stereocenters. The van der Waals surface area contributed by atoms with Gasteiger partial charge in [0.05, 0.1) is 12.4 Å². The Labute approximate surface area is 124 Å². The second-order valence-corrected chi connectivity index (χ2v) is 4.58. The van der Waals surface area contributed by atoms with E-state index in [1.165, 1.54) is 12.4 Å². The number of anilines is 2. The van der Waals surface area contributed by atoms with E-state index >= 15 is 0 Å². The Bertz CT molecular complexity index is 588. The Morgan fingerprint density at radius 3 is 2.71 bits per heavy atom. The third-order valence-corrected chi connectivity index (χ3v) is 3.05. The normalized spacial score (nSPS) is 10.2. The summed E-state index contributed by atoms with van der Waals surface area (Å²) >= 11 is 0. The lowest BCUT2D eigenvalue weighted by Gasteiger charge is -2.22. The van der Waals surface area contributed by atoms with Crippen molar-refractivity contribution in [1.29, 1.82) is 0 Å². The molecule has 0 saturated carbocycles. The molecule has 0 saturated heterocycles. The number of benzene rings is 1. The topological polar surface area (TPSA) is 84.1 Å². The molecule has 1 aromatic heterocycles. The van der Waals surface area contributed by atoms with Crippen LogP contribution in [-0.4, -0.2) is 22.4 Å². The summed E-state index contributed by atoms with van der Waals surface area (Å²) in [6, 6.07) is 9.55. The summed E-state index contributed by atoms with van der Waals surface area (Å²) in [6.07, 6.45) is 4.84. The summed E-state index contributed by atoms with van der Waals surface area (Å²) in [6.45, 7) is 2.73. The number of nitrogens with zero attached hydrogens (tertiary/aromatic N) is 3. The number of nitrogens with two attached hydrogens (primary N) is 1. The van der Waals surface area contributed by atoms with Gasteiger partial charge in [-0.25, -0.2) is 10.8 Å². The Hall–Kier alpha value is -2.47. The van der Waals surface area contributed by atoms with Crippen LogP contribution in [0.15, 0.2) is 42.7 Å². The zero-order valence-corrected chi connectivity index (χ0v) is 12.0. The fourth-order valence-electron chi connectivity index (χ4n) is 1.95. The predicted molar refractivity (Wildman–Crippen MR) is 82.9 cm³/mol. The second kappa shape index (κ2) is 7.35. The average Bonchev–Trinajstić information content (AvgIpc) is 2.56. The molecule has 0 aliphatic heterocycles. The molecule has 1 amide bonds. The molecule has 0 aliphatic rings. The highest BCUT2D eigenvalue weighted by Crippen LogP contribution is 2.17. The number of nitrogen functional groups attached to an aromatic ring is 1. The van der Waals surface area contributed by atoms with Crippen LogP contribution in [0.2, 0.25) is 0 Å². The number of para-hydroxylation sites is 1. The Morgan fingerprint density at radius 1 is 1.29 bits per heavy atom. The first-order valence-electron chi connectivity index (χ1n) is 6.91. The molecule has 3 N–H and O–H groups in total. The molecule has 21 heavy (non-hydrogen) atoms. The van der Waals surface area contributed by atoms with Crippen LogP contribution in [0, 0.1) is 0 Å². The number of rotatable bonds is 6. The van der Waals surface area contributed by atoms with Gasteiger partial charge < -0.3 is 10.3 Å². The second-order valence-electron chi connectivity index (χ2n) is 4.58. The van der Waals surface area contributed by atoms with Crippen molar-refractivity contribution in [3.05, 3.63) is 48.4 Å². The number of aromatic nitrogens is 2. The maximum atomic E-state index is 12.7. The molecule has 0 spiro atoms. The van der Waals surface area contributed by atoms with Crippen molar-refractivity contribution < 1.29 is 4.79 Å². The smallest absolute Gasteiger partial charge is 0.278 e. The van der Waals surface area contributed by atoms with Crippen LogP contribution in [-0.2, 0) is 0 Å². The zero-order chi connectivity index (χ0) is 15.1. The summed E-state index contributed by atoms with van der Waals surface area (Å²) < 4.78 is 0. The number of nitrogens with one attached hydrogen (secondary N) is 1. The first kappa shape index (κ1) is 14.9. The number of hydrogen-bond donors (Lipinski definition) is 2. The van der Waals surface area contributed by atoms with E-state index in [4.69, 9.17) is 5.84 Å². The molecule has 1 heterocycles. The van der Waals surface area contributed by atoms with Crippen LogP contribution < -0.4 is 16.2 Å². The molecule has 6 heteroatoms. The van der Waals surface area contributed by atoms with Crippen LogP contribution in [0.5, 0.6) is 0 Å². The van der Waals surface area contributed by atoms with Gasteiger partial charge in [0.1, 0.15) is 5.69 Å². The fraction of sp³-hybridized carbons (Fsp3) is 0.267. The monoisotopic (exact) mass is 285 g/mol. The lowest BCUT2D eigenvalue weighted by molar-refractivity contribution is 0.0981. The number of hydrogen-bond acceptors (Lipinski definition) is 5. The van der Waals surface area contributed by atoms with E-state index in [9.17, 15) is 4.79 Å². The summed E-state index contributed by atoms with van der Waals surface area (Å²) in [5, 5.41) is 0. The molecule has 2 rings (SSSR count). The molecule has 0 unspecified atom stereocenters. The van der Waals surface area contributed by atoms with Gasteiger partial charge in [-0.1, -0.05) is 31.5 Å². The van der Waals surface area contributed by atoms with Gasteiger partial charge in [0.15, 0.2) is 5.82 Å². The molecule has 1 aromatic carbocycles. The maximum Gasteiger partial charge on any atom is 0.278 e. The standard InChI is InChI=1S/C15H19N5O/c1-2-3-9-20(12-7-5-4-6-8-12)15(21)13-10-17-11-14(18-13)19-16/h4-8,10-11H,2-3,9,16H2,1H3,(H,18,19). The van der Waals surface area contributed by atoms with E-state index in [1.54, 1.807) is 4.90 Å². The van der Waals surface area contributed by atoms with Crippen LogP contribution in [0.1, 0.15) is 30.3 Å². The molecule has 0 fully saturated rings. The molecular weight excluding hydrogens is 266 g/mol. The molecule has 110 valence electrons. The minimum atomic E-state index is -0.181. The fourth-order valence-corrected chi connectivity index (χ4v) is 1.95. The van der Waals surface area contributed by atoms with Gasteiger partial charge in [-0.15, -0.1) is 0 Å². The minimum absolute atomic E-state index is 0.181. The van der Waals surface area contributed by atoms with Gasteiger partial charge in [0.25, 0.3) is 5.91 Å². The molecule has 0 bridgehead atoms. The zero-order valence-electron chi connectivity index (χ0n) is 12.0. The number of amides is 1. The summed E-state index contributed by atoms with van der Waals surface area (Å²) in [4.78, 5) is 22.5. The van der Waals surface area contributed by atoms with E-state index in [2.05, 4.69) is 22.3 Å². The number of carbonyl (C=O) groups excluding carboxylic acids is 1. The van der Waals surface area contributed by atoms with Crippen molar-refractivity contribution in [3.8, 4) is 0 Å². The maximum absolute atomic E-state index is 12.7. The summed E-state index contributed by atoms with van der Waals surface area (Å²) in [7, 11) is 0. The highest BCUT2D eigenvalue weighted by molar-refractivity contribution is 6.04. The third-order valence-electron chi connectivity index (χ3n) is 3.05.